The van der Waals surface area contributed by atoms with Gasteiger partial charge in [-0.1, -0.05) is 18.2 Å². The van der Waals surface area contributed by atoms with Crippen molar-refractivity contribution in [2.75, 3.05) is 11.9 Å². The Morgan fingerprint density at radius 1 is 1.28 bits per heavy atom. The molecule has 0 bridgehead atoms. The summed E-state index contributed by atoms with van der Waals surface area (Å²) in [7, 11) is 0. The van der Waals surface area contributed by atoms with E-state index in [2.05, 4.69) is 20.9 Å². The third-order valence-corrected chi connectivity index (χ3v) is 2.48. The summed E-state index contributed by atoms with van der Waals surface area (Å²) >= 11 is 5.07. The van der Waals surface area contributed by atoms with E-state index in [1.54, 1.807) is 6.92 Å². The van der Waals surface area contributed by atoms with Gasteiger partial charge in [0.2, 0.25) is 0 Å². The molecule has 3 N–H and O–H groups in total. The fraction of sp³-hybridized carbons (Fsp3) is 0.333. The fourth-order valence-corrected chi connectivity index (χ4v) is 1.58. The molecule has 0 aliphatic rings. The molecule has 1 amide bonds. The van der Waals surface area contributed by atoms with Crippen molar-refractivity contribution < 1.29 is 9.53 Å². The molecule has 18 heavy (non-hydrogen) atoms. The molecular weight excluding hydrogens is 250 g/mol. The topological polar surface area (TPSA) is 62.4 Å². The molecule has 6 heteroatoms. The Morgan fingerprint density at radius 2 is 1.89 bits per heavy atom. The van der Waals surface area contributed by atoms with Crippen LogP contribution in [0.2, 0.25) is 0 Å². The summed E-state index contributed by atoms with van der Waals surface area (Å²) in [5.41, 5.74) is 7.98. The summed E-state index contributed by atoms with van der Waals surface area (Å²) in [5.74, 6) is 0. The lowest BCUT2D eigenvalue weighted by Crippen LogP contribution is -2.44. The maximum Gasteiger partial charge on any atom is 0.425 e. The molecule has 0 heterocycles. The zero-order chi connectivity index (χ0) is 13.5. The van der Waals surface area contributed by atoms with Gasteiger partial charge in [-0.15, -0.1) is 0 Å². The molecule has 0 saturated carbocycles. The maximum atomic E-state index is 11.1. The standard InChI is InChI=1S/C12H17N3O2S/c1-4-17-12(16)15-14-11(18)13-10-8(2)6-5-7-9(10)3/h5-7H,4H2,1-3H3,(H,15,16)(H2,13,14,18). The number of thiocarbonyl (C=S) groups is 1. The van der Waals surface area contributed by atoms with E-state index in [0.717, 1.165) is 16.8 Å². The van der Waals surface area contributed by atoms with Crippen LogP contribution in [0.5, 0.6) is 0 Å². The van der Waals surface area contributed by atoms with Crippen LogP contribution >= 0.6 is 12.2 Å². The second kappa shape index (κ2) is 6.80. The maximum absolute atomic E-state index is 11.1. The van der Waals surface area contributed by atoms with Crippen molar-refractivity contribution in [3.05, 3.63) is 29.3 Å². The minimum Gasteiger partial charge on any atom is -0.449 e. The molecule has 98 valence electrons. The van der Waals surface area contributed by atoms with Crippen LogP contribution in [-0.4, -0.2) is 17.8 Å². The minimum absolute atomic E-state index is 0.306. The van der Waals surface area contributed by atoms with Gasteiger partial charge in [0, 0.05) is 5.69 Å². The normalized spacial score (nSPS) is 9.50. The van der Waals surface area contributed by atoms with E-state index in [-0.39, 0.29) is 0 Å². The quantitative estimate of drug-likeness (QED) is 0.566. The van der Waals surface area contributed by atoms with E-state index >= 15 is 0 Å². The number of rotatable bonds is 2. The average molecular weight is 267 g/mol. The summed E-state index contributed by atoms with van der Waals surface area (Å²) < 4.78 is 4.69. The van der Waals surface area contributed by atoms with Crippen LogP contribution in [0.25, 0.3) is 0 Å². The first kappa shape index (κ1) is 14.2. The van der Waals surface area contributed by atoms with Crippen molar-refractivity contribution in [2.24, 2.45) is 0 Å². The van der Waals surface area contributed by atoms with Crippen LogP contribution < -0.4 is 16.2 Å². The van der Waals surface area contributed by atoms with Crippen molar-refractivity contribution in [3.63, 3.8) is 0 Å². The zero-order valence-electron chi connectivity index (χ0n) is 10.7. The molecule has 1 aromatic rings. The van der Waals surface area contributed by atoms with Gasteiger partial charge in [-0.05, 0) is 44.1 Å². The van der Waals surface area contributed by atoms with Crippen molar-refractivity contribution >= 4 is 29.1 Å². The highest BCUT2D eigenvalue weighted by molar-refractivity contribution is 7.80. The highest BCUT2D eigenvalue weighted by Gasteiger charge is 2.05. The van der Waals surface area contributed by atoms with Crippen LogP contribution in [0, 0.1) is 13.8 Å². The Morgan fingerprint density at radius 3 is 2.44 bits per heavy atom. The number of benzene rings is 1. The Balaban J connectivity index is 2.52. The van der Waals surface area contributed by atoms with Gasteiger partial charge in [0.05, 0.1) is 6.61 Å². The number of para-hydroxylation sites is 1. The molecule has 0 aromatic heterocycles. The molecule has 5 nitrogen and oxygen atoms in total. The Hall–Kier alpha value is -1.82. The number of carbonyl (C=O) groups is 1. The SMILES string of the molecule is CCOC(=O)NNC(=S)Nc1c(C)cccc1C. The lowest BCUT2D eigenvalue weighted by atomic mass is 10.1. The van der Waals surface area contributed by atoms with E-state index in [9.17, 15) is 4.79 Å². The van der Waals surface area contributed by atoms with Gasteiger partial charge in [-0.3, -0.25) is 5.43 Å². The number of hydrazine groups is 1. The predicted octanol–water partition coefficient (Wildman–Crippen LogP) is 2.25. The number of ether oxygens (including phenoxy) is 1. The van der Waals surface area contributed by atoms with Crippen LogP contribution in [0.4, 0.5) is 10.5 Å². The number of hydrogen-bond donors (Lipinski definition) is 3. The summed E-state index contributed by atoms with van der Waals surface area (Å²) in [6.45, 7) is 6.00. The number of aryl methyl sites for hydroxylation is 2. The summed E-state index contributed by atoms with van der Waals surface area (Å²) in [5, 5.41) is 3.33. The Kier molecular flexibility index (Phi) is 5.38. The summed E-state index contributed by atoms with van der Waals surface area (Å²) in [4.78, 5) is 11.1. The molecule has 0 radical (unpaired) electrons. The van der Waals surface area contributed by atoms with Gasteiger partial charge in [0.25, 0.3) is 0 Å². The lowest BCUT2D eigenvalue weighted by Gasteiger charge is -2.14. The van der Waals surface area contributed by atoms with E-state index in [4.69, 9.17) is 12.2 Å². The minimum atomic E-state index is -0.567. The van der Waals surface area contributed by atoms with E-state index in [1.165, 1.54) is 0 Å². The second-order valence-corrected chi connectivity index (χ2v) is 4.10. The zero-order valence-corrected chi connectivity index (χ0v) is 11.5. The molecular formula is C12H17N3O2S. The van der Waals surface area contributed by atoms with Gasteiger partial charge >= 0.3 is 6.09 Å². The van der Waals surface area contributed by atoms with Crippen molar-refractivity contribution in [3.8, 4) is 0 Å². The third-order valence-electron chi connectivity index (χ3n) is 2.27. The van der Waals surface area contributed by atoms with Crippen molar-refractivity contribution in [2.45, 2.75) is 20.8 Å². The molecule has 1 aromatic carbocycles. The summed E-state index contributed by atoms with van der Waals surface area (Å²) in [6.07, 6.45) is -0.567. The lowest BCUT2D eigenvalue weighted by molar-refractivity contribution is 0.150. The number of anilines is 1. The summed E-state index contributed by atoms with van der Waals surface area (Å²) in [6, 6.07) is 5.94. The number of carbonyl (C=O) groups excluding carboxylic acids is 1. The third kappa shape index (κ3) is 4.21. The highest BCUT2D eigenvalue weighted by atomic mass is 32.1. The van der Waals surface area contributed by atoms with Gasteiger partial charge in [-0.25, -0.2) is 10.2 Å². The van der Waals surface area contributed by atoms with Crippen LogP contribution in [0.3, 0.4) is 0 Å². The first-order valence-corrected chi connectivity index (χ1v) is 6.01. The van der Waals surface area contributed by atoms with Gasteiger partial charge in [0.15, 0.2) is 5.11 Å². The van der Waals surface area contributed by atoms with Crippen LogP contribution in [0.1, 0.15) is 18.1 Å². The van der Waals surface area contributed by atoms with Gasteiger partial charge in [-0.2, -0.15) is 0 Å². The van der Waals surface area contributed by atoms with Crippen molar-refractivity contribution in [1.29, 1.82) is 0 Å². The molecule has 0 atom stereocenters. The first-order chi connectivity index (χ1) is 8.54. The van der Waals surface area contributed by atoms with Crippen LogP contribution in [0.15, 0.2) is 18.2 Å². The molecule has 0 unspecified atom stereocenters. The molecule has 1 rings (SSSR count). The fourth-order valence-electron chi connectivity index (χ4n) is 1.43. The first-order valence-electron chi connectivity index (χ1n) is 5.60. The Labute approximate surface area is 112 Å². The second-order valence-electron chi connectivity index (χ2n) is 3.69. The van der Waals surface area contributed by atoms with Gasteiger partial charge in [0.1, 0.15) is 0 Å². The number of hydrogen-bond acceptors (Lipinski definition) is 3. The monoisotopic (exact) mass is 267 g/mol. The van der Waals surface area contributed by atoms with E-state index in [0.29, 0.717) is 11.7 Å². The number of amides is 1. The van der Waals surface area contributed by atoms with Crippen LogP contribution in [-0.2, 0) is 4.74 Å². The average Bonchev–Trinajstić information content (AvgIpc) is 2.32. The Bertz CT molecular complexity index is 429. The highest BCUT2D eigenvalue weighted by Crippen LogP contribution is 2.18. The smallest absolute Gasteiger partial charge is 0.425 e. The molecule has 0 saturated heterocycles. The number of nitrogens with one attached hydrogen (secondary N) is 3. The van der Waals surface area contributed by atoms with Crippen molar-refractivity contribution in [1.82, 2.24) is 10.9 Å². The molecule has 0 fully saturated rings. The molecule has 0 aliphatic carbocycles. The molecule has 0 aliphatic heterocycles. The largest absolute Gasteiger partial charge is 0.449 e. The predicted molar refractivity (Wildman–Crippen MR) is 75.4 cm³/mol. The van der Waals surface area contributed by atoms with Gasteiger partial charge < -0.3 is 10.1 Å². The van der Waals surface area contributed by atoms with E-state index in [1.807, 2.05) is 32.0 Å². The van der Waals surface area contributed by atoms with E-state index < -0.39 is 6.09 Å². The molecule has 0 spiro atoms.